The zero-order valence-corrected chi connectivity index (χ0v) is 8.94. The molecular formula is C9H14N4O2. The number of nitrogens with zero attached hydrogens (tertiary/aromatic N) is 2. The Balaban J connectivity index is 3.32. The summed E-state index contributed by atoms with van der Waals surface area (Å²) < 4.78 is 1.12. The second-order valence-corrected chi connectivity index (χ2v) is 3.76. The first-order valence-corrected chi connectivity index (χ1v) is 4.48. The molecule has 0 aromatic carbocycles. The van der Waals surface area contributed by atoms with Gasteiger partial charge in [0.15, 0.2) is 0 Å². The number of carbonyl (C=O) groups excluding carboxylic acids is 1. The van der Waals surface area contributed by atoms with Crippen molar-refractivity contribution in [3.63, 3.8) is 0 Å². The largest absolute Gasteiger partial charge is 0.292 e. The van der Waals surface area contributed by atoms with Crippen molar-refractivity contribution in [3.05, 3.63) is 28.2 Å². The van der Waals surface area contributed by atoms with Crippen molar-refractivity contribution in [1.29, 1.82) is 0 Å². The second kappa shape index (κ2) is 3.82. The number of amides is 1. The molecule has 0 radical (unpaired) electrons. The minimum Gasteiger partial charge on any atom is -0.292 e. The summed E-state index contributed by atoms with van der Waals surface area (Å²) >= 11 is 0. The van der Waals surface area contributed by atoms with Crippen LogP contribution in [-0.4, -0.2) is 15.7 Å². The summed E-state index contributed by atoms with van der Waals surface area (Å²) in [6, 6.07) is 2.96. The van der Waals surface area contributed by atoms with Gasteiger partial charge >= 0.3 is 0 Å². The lowest BCUT2D eigenvalue weighted by Crippen LogP contribution is -2.51. The first kappa shape index (κ1) is 11.4. The molecule has 1 rings (SSSR count). The first-order valence-electron chi connectivity index (χ1n) is 4.48. The Hall–Kier alpha value is -1.69. The lowest BCUT2D eigenvalue weighted by Gasteiger charge is -2.23. The molecule has 0 spiro atoms. The molecule has 0 unspecified atom stereocenters. The lowest BCUT2D eigenvalue weighted by molar-refractivity contribution is -0.129. The summed E-state index contributed by atoms with van der Waals surface area (Å²) in [4.78, 5) is 23.0. The van der Waals surface area contributed by atoms with Crippen molar-refractivity contribution in [2.75, 3.05) is 0 Å². The van der Waals surface area contributed by atoms with E-state index in [1.165, 1.54) is 6.07 Å². The summed E-state index contributed by atoms with van der Waals surface area (Å²) in [5.41, 5.74) is 1.23. The predicted octanol–water partition coefficient (Wildman–Crippen LogP) is -0.723. The van der Waals surface area contributed by atoms with Gasteiger partial charge in [-0.2, -0.15) is 5.10 Å². The monoisotopic (exact) mass is 210 g/mol. The Morgan fingerprint density at radius 2 is 2.13 bits per heavy atom. The molecule has 15 heavy (non-hydrogen) atoms. The second-order valence-electron chi connectivity index (χ2n) is 3.76. The van der Waals surface area contributed by atoms with E-state index in [1.807, 2.05) is 5.43 Å². The first-order chi connectivity index (χ1) is 6.89. The smallest absolute Gasteiger partial charge is 0.267 e. The van der Waals surface area contributed by atoms with E-state index in [0.29, 0.717) is 5.69 Å². The van der Waals surface area contributed by atoms with Crippen molar-refractivity contribution in [2.45, 2.75) is 26.3 Å². The lowest BCUT2D eigenvalue weighted by atomic mass is 10.1. The van der Waals surface area contributed by atoms with E-state index in [-0.39, 0.29) is 5.56 Å². The van der Waals surface area contributed by atoms with Crippen LogP contribution in [0.3, 0.4) is 0 Å². The van der Waals surface area contributed by atoms with Crippen LogP contribution >= 0.6 is 0 Å². The summed E-state index contributed by atoms with van der Waals surface area (Å²) in [7, 11) is 0. The average Bonchev–Trinajstić information content (AvgIpc) is 2.20. The maximum atomic E-state index is 11.5. The van der Waals surface area contributed by atoms with E-state index in [2.05, 4.69) is 5.10 Å². The molecule has 0 aliphatic heterocycles. The zero-order chi connectivity index (χ0) is 11.6. The molecule has 0 aliphatic rings. The van der Waals surface area contributed by atoms with Crippen molar-refractivity contribution < 1.29 is 4.79 Å². The fraction of sp³-hybridized carbons (Fsp3) is 0.444. The molecule has 6 nitrogen and oxygen atoms in total. The fourth-order valence-electron chi connectivity index (χ4n) is 1.18. The Labute approximate surface area is 87.1 Å². The number of carbonyl (C=O) groups is 1. The molecular weight excluding hydrogens is 196 g/mol. The average molecular weight is 210 g/mol. The minimum absolute atomic E-state index is 0.339. The Kier molecular flexibility index (Phi) is 2.90. The summed E-state index contributed by atoms with van der Waals surface area (Å²) in [6.07, 6.45) is 0. The maximum absolute atomic E-state index is 11.5. The highest BCUT2D eigenvalue weighted by Crippen LogP contribution is 2.10. The molecule has 0 saturated carbocycles. The van der Waals surface area contributed by atoms with Crippen LogP contribution in [0.1, 0.15) is 19.5 Å². The van der Waals surface area contributed by atoms with Crippen LogP contribution in [0.4, 0.5) is 0 Å². The molecule has 1 heterocycles. The highest BCUT2D eigenvalue weighted by Gasteiger charge is 2.31. The number of aromatic nitrogens is 2. The topological polar surface area (TPSA) is 90.0 Å². The van der Waals surface area contributed by atoms with Crippen molar-refractivity contribution in [3.8, 4) is 0 Å². The molecule has 0 saturated heterocycles. The Bertz CT molecular complexity index is 436. The highest BCUT2D eigenvalue weighted by atomic mass is 16.2. The molecule has 0 atom stereocenters. The van der Waals surface area contributed by atoms with Gasteiger partial charge in [0.1, 0.15) is 5.54 Å². The van der Waals surface area contributed by atoms with Crippen LogP contribution in [0, 0.1) is 6.92 Å². The molecule has 1 amide bonds. The Morgan fingerprint density at radius 1 is 1.53 bits per heavy atom. The van der Waals surface area contributed by atoms with E-state index >= 15 is 0 Å². The van der Waals surface area contributed by atoms with Gasteiger partial charge in [-0.15, -0.1) is 0 Å². The van der Waals surface area contributed by atoms with Gasteiger partial charge in [-0.3, -0.25) is 15.0 Å². The number of nitrogens with one attached hydrogen (secondary N) is 1. The van der Waals surface area contributed by atoms with Gasteiger partial charge in [0.05, 0.1) is 5.69 Å². The van der Waals surface area contributed by atoms with Crippen LogP contribution in [0.5, 0.6) is 0 Å². The molecule has 0 bridgehead atoms. The number of nitrogens with two attached hydrogens (primary N) is 1. The van der Waals surface area contributed by atoms with Gasteiger partial charge in [-0.1, -0.05) is 0 Å². The van der Waals surface area contributed by atoms with Crippen LogP contribution in [-0.2, 0) is 10.3 Å². The SMILES string of the molecule is Cc1ccc(=O)n(C(C)(C)C(=O)NN)n1. The van der Waals surface area contributed by atoms with Crippen LogP contribution in [0.25, 0.3) is 0 Å². The maximum Gasteiger partial charge on any atom is 0.267 e. The standard InChI is InChI=1S/C9H14N4O2/c1-6-4-5-7(14)13(12-6)9(2,3)8(15)11-10/h4-5H,10H2,1-3H3,(H,11,15). The van der Waals surface area contributed by atoms with Crippen molar-refractivity contribution >= 4 is 5.91 Å². The minimum atomic E-state index is -1.10. The van der Waals surface area contributed by atoms with Gasteiger partial charge in [0.2, 0.25) is 0 Å². The van der Waals surface area contributed by atoms with E-state index in [1.54, 1.807) is 26.8 Å². The van der Waals surface area contributed by atoms with Gasteiger partial charge in [-0.05, 0) is 26.8 Å². The van der Waals surface area contributed by atoms with Gasteiger partial charge in [0.25, 0.3) is 11.5 Å². The van der Waals surface area contributed by atoms with Crippen LogP contribution < -0.4 is 16.8 Å². The van der Waals surface area contributed by atoms with Gasteiger partial charge in [-0.25, -0.2) is 10.5 Å². The third-order valence-corrected chi connectivity index (χ3v) is 2.15. The predicted molar refractivity (Wildman–Crippen MR) is 54.9 cm³/mol. The summed E-state index contributed by atoms with van der Waals surface area (Å²) in [6.45, 7) is 4.89. The number of hydrogen-bond acceptors (Lipinski definition) is 4. The van der Waals surface area contributed by atoms with Gasteiger partial charge in [0, 0.05) is 6.07 Å². The molecule has 6 heteroatoms. The fourth-order valence-corrected chi connectivity index (χ4v) is 1.18. The highest BCUT2D eigenvalue weighted by molar-refractivity contribution is 5.82. The molecule has 1 aromatic rings. The van der Waals surface area contributed by atoms with Crippen molar-refractivity contribution in [1.82, 2.24) is 15.2 Å². The molecule has 3 N–H and O–H groups in total. The van der Waals surface area contributed by atoms with Crippen molar-refractivity contribution in [2.24, 2.45) is 5.84 Å². The molecule has 82 valence electrons. The third-order valence-electron chi connectivity index (χ3n) is 2.15. The number of hydrogen-bond donors (Lipinski definition) is 2. The number of aryl methyl sites for hydroxylation is 1. The van der Waals surface area contributed by atoms with E-state index < -0.39 is 11.4 Å². The van der Waals surface area contributed by atoms with E-state index in [0.717, 1.165) is 4.68 Å². The number of rotatable bonds is 2. The van der Waals surface area contributed by atoms with Crippen LogP contribution in [0.15, 0.2) is 16.9 Å². The van der Waals surface area contributed by atoms with Gasteiger partial charge < -0.3 is 0 Å². The van der Waals surface area contributed by atoms with Crippen LogP contribution in [0.2, 0.25) is 0 Å². The van der Waals surface area contributed by atoms with E-state index in [9.17, 15) is 9.59 Å². The molecule has 1 aromatic heterocycles. The Morgan fingerprint density at radius 3 is 2.67 bits per heavy atom. The number of hydrazine groups is 1. The third kappa shape index (κ3) is 2.04. The summed E-state index contributed by atoms with van der Waals surface area (Å²) in [5, 5.41) is 4.00. The normalized spacial score (nSPS) is 11.2. The quantitative estimate of drug-likeness (QED) is 0.383. The zero-order valence-electron chi connectivity index (χ0n) is 8.94. The molecule has 0 fully saturated rings. The van der Waals surface area contributed by atoms with E-state index in [4.69, 9.17) is 5.84 Å². The molecule has 0 aliphatic carbocycles. The summed E-state index contributed by atoms with van der Waals surface area (Å²) in [5.74, 6) is 4.57.